The van der Waals surface area contributed by atoms with E-state index in [0.717, 1.165) is 0 Å². The van der Waals surface area contributed by atoms with E-state index >= 15 is 0 Å². The highest BCUT2D eigenvalue weighted by Gasteiger charge is 2.74. The Labute approximate surface area is 120 Å². The summed E-state index contributed by atoms with van der Waals surface area (Å²) in [5.41, 5.74) is -0.767. The van der Waals surface area contributed by atoms with Gasteiger partial charge in [0, 0.05) is 11.8 Å². The van der Waals surface area contributed by atoms with Gasteiger partial charge in [0.1, 0.15) is 0 Å². The summed E-state index contributed by atoms with van der Waals surface area (Å²) in [5, 5.41) is 1.23. The largest absolute Gasteiger partial charge is 0.421 e. The summed E-state index contributed by atoms with van der Waals surface area (Å²) >= 11 is 1.35. The van der Waals surface area contributed by atoms with Crippen LogP contribution in [0, 0.1) is 11.6 Å². The molecule has 0 saturated heterocycles. The lowest BCUT2D eigenvalue weighted by atomic mass is 10.1. The van der Waals surface area contributed by atoms with Gasteiger partial charge in [-0.3, -0.25) is 4.79 Å². The molecule has 0 saturated carbocycles. The van der Waals surface area contributed by atoms with Gasteiger partial charge in [-0.2, -0.15) is 26.3 Å². The lowest BCUT2D eigenvalue weighted by molar-refractivity contribution is -0.253. The van der Waals surface area contributed by atoms with Crippen LogP contribution in [0.4, 0.5) is 40.8 Å². The first-order valence-corrected chi connectivity index (χ1v) is 5.69. The Balaban J connectivity index is 3.17. The maximum absolute atomic E-state index is 12.8. The number of anilines is 1. The van der Waals surface area contributed by atoms with E-state index in [1.165, 1.54) is 21.2 Å². The van der Waals surface area contributed by atoms with Gasteiger partial charge in [-0.05, 0) is 12.1 Å². The van der Waals surface area contributed by atoms with Gasteiger partial charge in [0.15, 0.2) is 11.6 Å². The normalized spacial score (nSPS) is 13.2. The van der Waals surface area contributed by atoms with Crippen molar-refractivity contribution in [3.05, 3.63) is 29.8 Å². The number of hydrogen-bond donors (Lipinski definition) is 1. The number of hydrogen-bond acceptors (Lipinski definition) is 1. The van der Waals surface area contributed by atoms with Gasteiger partial charge >= 0.3 is 12.4 Å². The minimum Gasteiger partial charge on any atom is -0.324 e. The molecule has 1 rings (SSSR count). The number of nitrogens with one attached hydrogen (secondary N) is 1. The van der Waals surface area contributed by atoms with Crippen LogP contribution in [0.5, 0.6) is 0 Å². The molecule has 11 heteroatoms. The number of carbonyl (C=O) groups is 1. The van der Waals surface area contributed by atoms with Crippen molar-refractivity contribution in [1.29, 1.82) is 0 Å². The molecule has 0 atom stereocenters. The van der Waals surface area contributed by atoms with Crippen molar-refractivity contribution >= 4 is 27.5 Å². The molecule has 2 nitrogen and oxygen atoms in total. The second-order valence-corrected chi connectivity index (χ2v) is 4.93. The third-order valence-corrected chi connectivity index (χ3v) is 3.53. The maximum atomic E-state index is 12.8. The summed E-state index contributed by atoms with van der Waals surface area (Å²) in [6.07, 6.45) is -12.0. The summed E-state index contributed by atoms with van der Waals surface area (Å²) in [4.78, 5) is 11.3. The monoisotopic (exact) mass is 385 g/mol. The SMILES string of the molecule is O=C(Nc1ccc(F)c(F)c1)C(Br)(C(F)(F)F)C(F)(F)F. The smallest absolute Gasteiger partial charge is 0.324 e. The first kappa shape index (κ1) is 17.7. The highest BCUT2D eigenvalue weighted by atomic mass is 79.9. The van der Waals surface area contributed by atoms with Crippen LogP contribution in [-0.2, 0) is 4.79 Å². The number of alkyl halides is 7. The molecule has 1 aromatic carbocycles. The number of halogens is 9. The Morgan fingerprint density at radius 1 is 0.952 bits per heavy atom. The van der Waals surface area contributed by atoms with Crippen LogP contribution in [0.3, 0.4) is 0 Å². The van der Waals surface area contributed by atoms with E-state index in [1.807, 2.05) is 0 Å². The Morgan fingerprint density at radius 2 is 1.43 bits per heavy atom. The summed E-state index contributed by atoms with van der Waals surface area (Å²) in [7, 11) is 0. The minimum absolute atomic E-state index is 0.243. The van der Waals surface area contributed by atoms with Crippen molar-refractivity contribution in [2.75, 3.05) is 5.32 Å². The van der Waals surface area contributed by atoms with Crippen molar-refractivity contribution < 1.29 is 39.9 Å². The van der Waals surface area contributed by atoms with Crippen molar-refractivity contribution in [3.8, 4) is 0 Å². The first-order valence-electron chi connectivity index (χ1n) is 4.89. The topological polar surface area (TPSA) is 29.1 Å². The van der Waals surface area contributed by atoms with Crippen LogP contribution in [0.2, 0.25) is 0 Å². The third kappa shape index (κ3) is 3.27. The highest BCUT2D eigenvalue weighted by Crippen LogP contribution is 2.50. The van der Waals surface area contributed by atoms with E-state index < -0.39 is 39.9 Å². The Bertz CT molecular complexity index is 539. The van der Waals surface area contributed by atoms with Gasteiger partial charge in [-0.1, -0.05) is 15.9 Å². The van der Waals surface area contributed by atoms with E-state index in [4.69, 9.17) is 0 Å². The van der Waals surface area contributed by atoms with Crippen molar-refractivity contribution in [2.24, 2.45) is 0 Å². The Kier molecular flexibility index (Phi) is 4.56. The average molecular weight is 386 g/mol. The molecule has 0 unspecified atom stereocenters. The number of carbonyl (C=O) groups excluding carboxylic acids is 1. The van der Waals surface area contributed by atoms with Crippen LogP contribution < -0.4 is 5.32 Å². The zero-order chi connectivity index (χ0) is 16.6. The standard InChI is InChI=1S/C10H4BrF8NO/c11-8(9(14,15)16,10(17,18)19)7(21)20-4-1-2-5(12)6(13)3-4/h1-3H,(H,20,21). The van der Waals surface area contributed by atoms with Crippen LogP contribution in [0.1, 0.15) is 0 Å². The fourth-order valence-electron chi connectivity index (χ4n) is 1.21. The second kappa shape index (κ2) is 5.43. The average Bonchev–Trinajstić information content (AvgIpc) is 2.29. The molecule has 0 fully saturated rings. The molecule has 21 heavy (non-hydrogen) atoms. The maximum Gasteiger partial charge on any atom is 0.421 e. The first-order chi connectivity index (χ1) is 9.30. The van der Waals surface area contributed by atoms with Crippen molar-refractivity contribution in [2.45, 2.75) is 16.7 Å². The molecule has 0 spiro atoms. The number of rotatable bonds is 2. The summed E-state index contributed by atoms with van der Waals surface area (Å²) in [6, 6.07) is 1.28. The molecule has 1 N–H and O–H groups in total. The Hall–Kier alpha value is -1.39. The number of benzene rings is 1. The molecule has 1 aromatic rings. The fourth-order valence-corrected chi connectivity index (χ4v) is 1.31. The van der Waals surface area contributed by atoms with Crippen LogP contribution in [0.25, 0.3) is 0 Å². The summed E-state index contributed by atoms with van der Waals surface area (Å²) in [5.74, 6) is -5.47. The van der Waals surface area contributed by atoms with Gasteiger partial charge in [0.2, 0.25) is 0 Å². The summed E-state index contributed by atoms with van der Waals surface area (Å²) in [6.45, 7) is 0. The second-order valence-electron chi connectivity index (χ2n) is 3.74. The fraction of sp³-hybridized carbons (Fsp3) is 0.300. The van der Waals surface area contributed by atoms with E-state index in [1.54, 1.807) is 0 Å². The summed E-state index contributed by atoms with van der Waals surface area (Å²) < 4.78 is 95.7. The van der Waals surface area contributed by atoms with E-state index in [2.05, 4.69) is 0 Å². The van der Waals surface area contributed by atoms with E-state index in [9.17, 15) is 39.9 Å². The Morgan fingerprint density at radius 3 is 1.81 bits per heavy atom. The van der Waals surface area contributed by atoms with Gasteiger partial charge in [-0.25, -0.2) is 8.78 Å². The van der Waals surface area contributed by atoms with Gasteiger partial charge in [-0.15, -0.1) is 0 Å². The molecule has 118 valence electrons. The van der Waals surface area contributed by atoms with Crippen LogP contribution in [0.15, 0.2) is 18.2 Å². The lowest BCUT2D eigenvalue weighted by Gasteiger charge is -2.30. The lowest BCUT2D eigenvalue weighted by Crippen LogP contribution is -2.59. The molecule has 0 aliphatic carbocycles. The molecule has 0 aliphatic heterocycles. The number of amides is 1. The zero-order valence-corrected chi connectivity index (χ0v) is 11.1. The van der Waals surface area contributed by atoms with E-state index in [0.29, 0.717) is 12.1 Å². The highest BCUT2D eigenvalue weighted by molar-refractivity contribution is 9.10. The molecule has 0 aromatic heterocycles. The zero-order valence-electron chi connectivity index (χ0n) is 9.54. The molecular weight excluding hydrogens is 382 g/mol. The van der Waals surface area contributed by atoms with Crippen molar-refractivity contribution in [1.82, 2.24) is 0 Å². The minimum atomic E-state index is -6.01. The molecule has 1 amide bonds. The van der Waals surface area contributed by atoms with Gasteiger partial charge in [0.25, 0.3) is 10.2 Å². The molecular formula is C10H4BrF8NO. The van der Waals surface area contributed by atoms with Crippen LogP contribution >= 0.6 is 15.9 Å². The van der Waals surface area contributed by atoms with Crippen LogP contribution in [-0.4, -0.2) is 22.6 Å². The quantitative estimate of drug-likeness (QED) is 0.601. The molecule has 0 aliphatic rings. The predicted octanol–water partition coefficient (Wildman–Crippen LogP) is 4.16. The molecule has 0 radical (unpaired) electrons. The predicted molar refractivity (Wildman–Crippen MR) is 58.8 cm³/mol. The van der Waals surface area contributed by atoms with Gasteiger partial charge < -0.3 is 5.32 Å². The van der Waals surface area contributed by atoms with E-state index in [-0.39, 0.29) is 6.07 Å². The van der Waals surface area contributed by atoms with Gasteiger partial charge in [0.05, 0.1) is 0 Å². The molecule has 0 heterocycles. The molecule has 0 bridgehead atoms. The third-order valence-electron chi connectivity index (χ3n) is 2.27. The van der Waals surface area contributed by atoms with Crippen molar-refractivity contribution in [3.63, 3.8) is 0 Å².